The van der Waals surface area contributed by atoms with E-state index < -0.39 is 11.9 Å². The van der Waals surface area contributed by atoms with Crippen LogP contribution < -0.4 is 5.73 Å². The number of fused-ring (bicyclic) bond motifs is 1. The summed E-state index contributed by atoms with van der Waals surface area (Å²) in [6.45, 7) is 5.49. The highest BCUT2D eigenvalue weighted by atomic mass is 19.1. The Hall–Kier alpha value is -1.69. The molecule has 0 unspecified atom stereocenters. The number of nitrogen functional groups attached to an aromatic ring is 1. The molecular formula is C14H19FN4O. The van der Waals surface area contributed by atoms with Crippen molar-refractivity contribution in [3.05, 3.63) is 18.6 Å². The van der Waals surface area contributed by atoms with Crippen LogP contribution in [0.25, 0.3) is 11.0 Å². The molecule has 1 aliphatic heterocycles. The first-order valence-electron chi connectivity index (χ1n) is 6.88. The van der Waals surface area contributed by atoms with Gasteiger partial charge in [0, 0.05) is 12.1 Å². The Morgan fingerprint density at radius 1 is 1.50 bits per heavy atom. The van der Waals surface area contributed by atoms with E-state index in [9.17, 15) is 0 Å². The molecule has 1 saturated heterocycles. The second-order valence-electron chi connectivity index (χ2n) is 5.59. The molecule has 2 aromatic heterocycles. The fraction of sp³-hybridized carbons (Fsp3) is 0.571. The molecule has 3 heterocycles. The first-order chi connectivity index (χ1) is 9.46. The monoisotopic (exact) mass is 278 g/mol. The van der Waals surface area contributed by atoms with Crippen molar-refractivity contribution in [1.82, 2.24) is 14.5 Å². The Morgan fingerprint density at radius 2 is 2.25 bits per heavy atom. The fourth-order valence-corrected chi connectivity index (χ4v) is 2.97. The van der Waals surface area contributed by atoms with E-state index >= 15 is 4.39 Å². The van der Waals surface area contributed by atoms with Crippen LogP contribution in [0.5, 0.6) is 0 Å². The van der Waals surface area contributed by atoms with Crippen LogP contribution in [0.3, 0.4) is 0 Å². The lowest BCUT2D eigenvalue weighted by Crippen LogP contribution is -2.33. The summed E-state index contributed by atoms with van der Waals surface area (Å²) in [6.07, 6.45) is 3.16. The molecule has 2 N–H and O–H groups in total. The number of aromatic nitrogens is 3. The van der Waals surface area contributed by atoms with Gasteiger partial charge in [-0.15, -0.1) is 0 Å². The summed E-state index contributed by atoms with van der Waals surface area (Å²) in [5.41, 5.74) is 4.97. The van der Waals surface area contributed by atoms with Gasteiger partial charge in [0.1, 0.15) is 17.8 Å². The number of rotatable bonds is 2. The number of anilines is 1. The summed E-state index contributed by atoms with van der Waals surface area (Å²) in [5.74, 6) is 0.224. The van der Waals surface area contributed by atoms with Gasteiger partial charge in [0.25, 0.3) is 0 Å². The second kappa shape index (κ2) is 4.41. The number of alkyl halides is 1. The van der Waals surface area contributed by atoms with Gasteiger partial charge in [-0.2, -0.15) is 0 Å². The van der Waals surface area contributed by atoms with E-state index in [4.69, 9.17) is 10.5 Å². The first kappa shape index (κ1) is 13.3. The standard InChI is InChI=1S/C14H19FN4O/c1-4-10-8(2)14(3,15)13(20-10)19-6-5-9-11(16)17-7-18-12(9)19/h5-8,10,13H,4H2,1-3H3,(H2,16,17,18)/t8-,10-,13-,14-/m1/s1. The average Bonchev–Trinajstić information content (AvgIpc) is 2.92. The summed E-state index contributed by atoms with van der Waals surface area (Å²) >= 11 is 0. The fourth-order valence-electron chi connectivity index (χ4n) is 2.97. The molecule has 108 valence electrons. The molecule has 0 aliphatic carbocycles. The van der Waals surface area contributed by atoms with E-state index in [-0.39, 0.29) is 12.0 Å². The maximum atomic E-state index is 15.1. The minimum Gasteiger partial charge on any atom is -0.383 e. The van der Waals surface area contributed by atoms with Crippen molar-refractivity contribution in [2.24, 2.45) is 5.92 Å². The number of hydrogen-bond acceptors (Lipinski definition) is 4. The molecule has 20 heavy (non-hydrogen) atoms. The zero-order valence-electron chi connectivity index (χ0n) is 11.9. The van der Waals surface area contributed by atoms with Crippen molar-refractivity contribution in [3.8, 4) is 0 Å². The topological polar surface area (TPSA) is 66.0 Å². The maximum Gasteiger partial charge on any atom is 0.169 e. The quantitative estimate of drug-likeness (QED) is 0.917. The number of halogens is 1. The van der Waals surface area contributed by atoms with E-state index in [2.05, 4.69) is 9.97 Å². The Bertz CT molecular complexity index is 639. The molecular weight excluding hydrogens is 259 g/mol. The second-order valence-corrected chi connectivity index (χ2v) is 5.59. The number of nitrogens with zero attached hydrogens (tertiary/aromatic N) is 3. The predicted octanol–water partition coefficient (Wildman–Crippen LogP) is 2.69. The molecule has 1 fully saturated rings. The van der Waals surface area contributed by atoms with Crippen LogP contribution in [0.15, 0.2) is 18.6 Å². The van der Waals surface area contributed by atoms with Crippen molar-refractivity contribution in [2.75, 3.05) is 5.73 Å². The SMILES string of the molecule is CC[C@H]1O[C@@H](n2ccc3c(N)ncnc32)[C@](C)(F)[C@@H]1C. The van der Waals surface area contributed by atoms with Crippen molar-refractivity contribution < 1.29 is 9.13 Å². The Morgan fingerprint density at radius 3 is 2.90 bits per heavy atom. The Kier molecular flexibility index (Phi) is 2.93. The third-order valence-electron chi connectivity index (χ3n) is 4.43. The van der Waals surface area contributed by atoms with Crippen LogP contribution in [0.1, 0.15) is 33.4 Å². The molecule has 5 nitrogen and oxygen atoms in total. The molecule has 6 heteroatoms. The van der Waals surface area contributed by atoms with Crippen molar-refractivity contribution >= 4 is 16.9 Å². The van der Waals surface area contributed by atoms with Crippen LogP contribution in [0.4, 0.5) is 10.2 Å². The molecule has 0 radical (unpaired) electrons. The molecule has 1 aliphatic rings. The number of hydrogen-bond donors (Lipinski definition) is 1. The summed E-state index contributed by atoms with van der Waals surface area (Å²) < 4.78 is 22.7. The van der Waals surface area contributed by atoms with Crippen LogP contribution >= 0.6 is 0 Å². The molecule has 0 aromatic carbocycles. The highest BCUT2D eigenvalue weighted by molar-refractivity contribution is 5.86. The van der Waals surface area contributed by atoms with E-state index in [1.807, 2.05) is 13.8 Å². The largest absolute Gasteiger partial charge is 0.383 e. The van der Waals surface area contributed by atoms with E-state index in [0.29, 0.717) is 11.5 Å². The highest BCUT2D eigenvalue weighted by Crippen LogP contribution is 2.47. The average molecular weight is 278 g/mol. The van der Waals surface area contributed by atoms with Gasteiger partial charge in [-0.05, 0) is 19.4 Å². The van der Waals surface area contributed by atoms with E-state index in [1.165, 1.54) is 6.33 Å². The number of nitrogens with two attached hydrogens (primary N) is 1. The molecule has 4 atom stereocenters. The van der Waals surface area contributed by atoms with Gasteiger partial charge in [-0.1, -0.05) is 13.8 Å². The molecule has 2 aromatic rings. The van der Waals surface area contributed by atoms with Crippen molar-refractivity contribution in [1.29, 1.82) is 0 Å². The molecule has 0 saturated carbocycles. The maximum absolute atomic E-state index is 15.1. The van der Waals surface area contributed by atoms with E-state index in [1.54, 1.807) is 23.8 Å². The number of ether oxygens (including phenoxy) is 1. The van der Waals surface area contributed by atoms with Crippen LogP contribution in [0.2, 0.25) is 0 Å². The molecule has 0 spiro atoms. The Labute approximate surface area is 117 Å². The van der Waals surface area contributed by atoms with Gasteiger partial charge in [0.05, 0.1) is 11.5 Å². The summed E-state index contributed by atoms with van der Waals surface area (Å²) in [6, 6.07) is 1.80. The van der Waals surface area contributed by atoms with E-state index in [0.717, 1.165) is 11.8 Å². The van der Waals surface area contributed by atoms with Gasteiger partial charge < -0.3 is 15.0 Å². The molecule has 0 amide bonds. The van der Waals surface area contributed by atoms with Gasteiger partial charge in [-0.3, -0.25) is 0 Å². The molecule has 3 rings (SSSR count). The van der Waals surface area contributed by atoms with Crippen LogP contribution in [-0.2, 0) is 4.74 Å². The van der Waals surface area contributed by atoms with Gasteiger partial charge >= 0.3 is 0 Å². The summed E-state index contributed by atoms with van der Waals surface area (Å²) in [4.78, 5) is 8.16. The third kappa shape index (κ3) is 1.71. The summed E-state index contributed by atoms with van der Waals surface area (Å²) in [7, 11) is 0. The Balaban J connectivity index is 2.10. The van der Waals surface area contributed by atoms with Gasteiger partial charge in [0.15, 0.2) is 11.9 Å². The zero-order valence-corrected chi connectivity index (χ0v) is 11.9. The first-order valence-corrected chi connectivity index (χ1v) is 6.88. The minimum atomic E-state index is -1.45. The van der Waals surface area contributed by atoms with Crippen molar-refractivity contribution in [3.63, 3.8) is 0 Å². The lowest BCUT2D eigenvalue weighted by molar-refractivity contribution is -0.0447. The van der Waals surface area contributed by atoms with Gasteiger partial charge in [-0.25, -0.2) is 14.4 Å². The lowest BCUT2D eigenvalue weighted by Gasteiger charge is -2.26. The highest BCUT2D eigenvalue weighted by Gasteiger charge is 2.52. The predicted molar refractivity (Wildman–Crippen MR) is 74.8 cm³/mol. The minimum absolute atomic E-state index is 0.0911. The lowest BCUT2D eigenvalue weighted by atomic mass is 9.88. The van der Waals surface area contributed by atoms with Crippen LogP contribution in [0, 0.1) is 5.92 Å². The normalized spacial score (nSPS) is 33.9. The third-order valence-corrected chi connectivity index (χ3v) is 4.43. The van der Waals surface area contributed by atoms with Crippen LogP contribution in [-0.4, -0.2) is 26.3 Å². The molecule has 0 bridgehead atoms. The zero-order chi connectivity index (χ0) is 14.5. The summed E-state index contributed by atoms with van der Waals surface area (Å²) in [5, 5.41) is 0.722. The van der Waals surface area contributed by atoms with Gasteiger partial charge in [0.2, 0.25) is 0 Å². The smallest absolute Gasteiger partial charge is 0.169 e. The van der Waals surface area contributed by atoms with Crippen molar-refractivity contribution in [2.45, 2.75) is 45.2 Å².